The molecule has 28 heavy (non-hydrogen) atoms. The van der Waals surface area contributed by atoms with Crippen molar-refractivity contribution in [3.8, 4) is 0 Å². The molecule has 2 rings (SSSR count). The second kappa shape index (κ2) is 10.3. The quantitative estimate of drug-likeness (QED) is 0.675. The standard InChI is InChI=1S/C20H32FN3O3S/c1-16(2)5-4-6-17(3)22-20(25)15-23-11-13-24(14-12-23)28(26,27)19-9-7-18(21)8-10-19/h7-10,16-17H,4-6,11-15H2,1-3H3,(H,22,25)/t17-/m1/s1. The fraction of sp³-hybridized carbons (Fsp3) is 0.650. The topological polar surface area (TPSA) is 69.7 Å². The van der Waals surface area contributed by atoms with Crippen LogP contribution >= 0.6 is 0 Å². The summed E-state index contributed by atoms with van der Waals surface area (Å²) in [6, 6.07) is 5.01. The van der Waals surface area contributed by atoms with Gasteiger partial charge in [-0.25, -0.2) is 12.8 Å². The number of nitrogens with one attached hydrogen (secondary N) is 1. The van der Waals surface area contributed by atoms with E-state index in [1.807, 2.05) is 11.8 Å². The lowest BCUT2D eigenvalue weighted by molar-refractivity contribution is -0.123. The van der Waals surface area contributed by atoms with E-state index in [-0.39, 0.29) is 23.4 Å². The minimum atomic E-state index is -3.63. The van der Waals surface area contributed by atoms with Crippen molar-refractivity contribution in [3.05, 3.63) is 30.1 Å². The Balaban J connectivity index is 1.77. The van der Waals surface area contributed by atoms with E-state index in [4.69, 9.17) is 0 Å². The van der Waals surface area contributed by atoms with E-state index in [0.29, 0.717) is 32.1 Å². The van der Waals surface area contributed by atoms with Gasteiger partial charge in [-0.05, 0) is 43.5 Å². The fourth-order valence-electron chi connectivity index (χ4n) is 3.31. The maximum absolute atomic E-state index is 13.0. The maximum Gasteiger partial charge on any atom is 0.243 e. The number of sulfonamides is 1. The molecule has 0 radical (unpaired) electrons. The molecule has 6 nitrogen and oxygen atoms in total. The largest absolute Gasteiger partial charge is 0.353 e. The zero-order valence-electron chi connectivity index (χ0n) is 17.0. The highest BCUT2D eigenvalue weighted by Crippen LogP contribution is 2.18. The highest BCUT2D eigenvalue weighted by atomic mass is 32.2. The van der Waals surface area contributed by atoms with Crippen molar-refractivity contribution >= 4 is 15.9 Å². The SMILES string of the molecule is CC(C)CCC[C@@H](C)NC(=O)CN1CCN(S(=O)(=O)c2ccc(F)cc2)CC1. The van der Waals surface area contributed by atoms with Crippen LogP contribution in [0.25, 0.3) is 0 Å². The van der Waals surface area contributed by atoms with E-state index in [0.717, 1.165) is 31.4 Å². The van der Waals surface area contributed by atoms with Gasteiger partial charge in [0.25, 0.3) is 0 Å². The third-order valence-corrected chi connectivity index (χ3v) is 6.89. The van der Waals surface area contributed by atoms with Crippen LogP contribution in [-0.2, 0) is 14.8 Å². The monoisotopic (exact) mass is 413 g/mol. The van der Waals surface area contributed by atoms with Crippen LogP contribution in [0.15, 0.2) is 29.2 Å². The van der Waals surface area contributed by atoms with Gasteiger partial charge in [0, 0.05) is 32.2 Å². The average Bonchev–Trinajstić information content (AvgIpc) is 2.62. The van der Waals surface area contributed by atoms with Crippen LogP contribution in [0.1, 0.15) is 40.0 Å². The van der Waals surface area contributed by atoms with Crippen LogP contribution in [0.4, 0.5) is 4.39 Å². The van der Waals surface area contributed by atoms with E-state index >= 15 is 0 Å². The van der Waals surface area contributed by atoms with Gasteiger partial charge >= 0.3 is 0 Å². The predicted molar refractivity (Wildman–Crippen MR) is 108 cm³/mol. The van der Waals surface area contributed by atoms with Crippen LogP contribution in [0.5, 0.6) is 0 Å². The second-order valence-corrected chi connectivity index (χ2v) is 9.87. The molecule has 0 aromatic heterocycles. The molecule has 8 heteroatoms. The Labute approximate surface area is 168 Å². The van der Waals surface area contributed by atoms with E-state index < -0.39 is 15.8 Å². The zero-order valence-corrected chi connectivity index (χ0v) is 17.8. The van der Waals surface area contributed by atoms with Crippen molar-refractivity contribution in [2.24, 2.45) is 5.92 Å². The smallest absolute Gasteiger partial charge is 0.243 e. The van der Waals surface area contributed by atoms with Gasteiger partial charge in [0.15, 0.2) is 0 Å². The normalized spacial score (nSPS) is 17.6. The van der Waals surface area contributed by atoms with E-state index in [2.05, 4.69) is 19.2 Å². The molecule has 0 spiro atoms. The van der Waals surface area contributed by atoms with Crippen LogP contribution < -0.4 is 5.32 Å². The molecule has 0 aliphatic carbocycles. The highest BCUT2D eigenvalue weighted by Gasteiger charge is 2.29. The summed E-state index contributed by atoms with van der Waals surface area (Å²) >= 11 is 0. The van der Waals surface area contributed by atoms with Crippen molar-refractivity contribution in [1.29, 1.82) is 0 Å². The summed E-state index contributed by atoms with van der Waals surface area (Å²) in [6.45, 7) is 8.31. The molecule has 0 saturated carbocycles. The summed E-state index contributed by atoms with van der Waals surface area (Å²) in [4.78, 5) is 14.3. The number of carbonyl (C=O) groups excluding carboxylic acids is 1. The van der Waals surface area contributed by atoms with E-state index in [1.54, 1.807) is 0 Å². The van der Waals surface area contributed by atoms with Crippen molar-refractivity contribution < 1.29 is 17.6 Å². The lowest BCUT2D eigenvalue weighted by atomic mass is 10.0. The molecule has 1 atom stereocenters. The lowest BCUT2D eigenvalue weighted by Crippen LogP contribution is -2.51. The van der Waals surface area contributed by atoms with Gasteiger partial charge in [-0.3, -0.25) is 9.69 Å². The minimum absolute atomic E-state index is 0.0214. The molecule has 1 N–H and O–H groups in total. The minimum Gasteiger partial charge on any atom is -0.353 e. The van der Waals surface area contributed by atoms with Crippen LogP contribution in [0.2, 0.25) is 0 Å². The number of hydrogen-bond acceptors (Lipinski definition) is 4. The Morgan fingerprint density at radius 2 is 1.68 bits per heavy atom. The molecule has 1 aromatic rings. The number of amides is 1. The molecule has 158 valence electrons. The first kappa shape index (κ1) is 22.8. The summed E-state index contributed by atoms with van der Waals surface area (Å²) in [5, 5.41) is 3.03. The molecule has 1 amide bonds. The van der Waals surface area contributed by atoms with Gasteiger partial charge in [-0.1, -0.05) is 26.7 Å². The van der Waals surface area contributed by atoms with Crippen molar-refractivity contribution in [1.82, 2.24) is 14.5 Å². The molecule has 0 bridgehead atoms. The first-order valence-corrected chi connectivity index (χ1v) is 11.4. The average molecular weight is 414 g/mol. The Morgan fingerprint density at radius 3 is 2.25 bits per heavy atom. The van der Waals surface area contributed by atoms with Gasteiger partial charge in [-0.15, -0.1) is 0 Å². The number of nitrogens with zero attached hydrogens (tertiary/aromatic N) is 2. The molecule has 1 heterocycles. The number of hydrogen-bond donors (Lipinski definition) is 1. The zero-order chi connectivity index (χ0) is 20.7. The Kier molecular flexibility index (Phi) is 8.39. The number of halogens is 1. The maximum atomic E-state index is 13.0. The second-order valence-electron chi connectivity index (χ2n) is 7.93. The van der Waals surface area contributed by atoms with Crippen molar-refractivity contribution in [2.75, 3.05) is 32.7 Å². The molecule has 1 aliphatic rings. The Morgan fingerprint density at radius 1 is 1.07 bits per heavy atom. The summed E-state index contributed by atoms with van der Waals surface area (Å²) in [7, 11) is -3.63. The van der Waals surface area contributed by atoms with Gasteiger partial charge < -0.3 is 5.32 Å². The first-order chi connectivity index (χ1) is 13.2. The Hall–Kier alpha value is -1.51. The van der Waals surface area contributed by atoms with E-state index in [9.17, 15) is 17.6 Å². The van der Waals surface area contributed by atoms with Crippen LogP contribution in [0.3, 0.4) is 0 Å². The van der Waals surface area contributed by atoms with Crippen LogP contribution in [-0.4, -0.2) is 62.3 Å². The summed E-state index contributed by atoms with van der Waals surface area (Å²) in [6.07, 6.45) is 3.22. The van der Waals surface area contributed by atoms with Crippen molar-refractivity contribution in [2.45, 2.75) is 51.0 Å². The molecule has 1 saturated heterocycles. The molecular weight excluding hydrogens is 381 g/mol. The third-order valence-electron chi connectivity index (χ3n) is 4.98. The van der Waals surface area contributed by atoms with Crippen LogP contribution in [0, 0.1) is 11.7 Å². The lowest BCUT2D eigenvalue weighted by Gasteiger charge is -2.33. The highest BCUT2D eigenvalue weighted by molar-refractivity contribution is 7.89. The first-order valence-electron chi connectivity index (χ1n) is 9.96. The number of benzene rings is 1. The fourth-order valence-corrected chi connectivity index (χ4v) is 4.73. The van der Waals surface area contributed by atoms with E-state index in [1.165, 1.54) is 16.4 Å². The van der Waals surface area contributed by atoms with Crippen molar-refractivity contribution in [3.63, 3.8) is 0 Å². The van der Waals surface area contributed by atoms with Gasteiger partial charge in [0.1, 0.15) is 5.82 Å². The Bertz CT molecular complexity index is 730. The summed E-state index contributed by atoms with van der Waals surface area (Å²) in [5.74, 6) is 0.186. The number of piperazine rings is 1. The van der Waals surface area contributed by atoms with Gasteiger partial charge in [-0.2, -0.15) is 4.31 Å². The molecule has 0 unspecified atom stereocenters. The molecule has 1 aromatic carbocycles. The van der Waals surface area contributed by atoms with Gasteiger partial charge in [0.05, 0.1) is 11.4 Å². The summed E-state index contributed by atoms with van der Waals surface area (Å²) in [5.41, 5.74) is 0. The predicted octanol–water partition coefficient (Wildman–Crippen LogP) is 2.46. The van der Waals surface area contributed by atoms with Gasteiger partial charge in [0.2, 0.25) is 15.9 Å². The number of rotatable bonds is 9. The third kappa shape index (κ3) is 6.83. The molecule has 1 fully saturated rings. The number of carbonyl (C=O) groups is 1. The molecular formula is C20H32FN3O3S. The molecule has 1 aliphatic heterocycles. The summed E-state index contributed by atoms with van der Waals surface area (Å²) < 4.78 is 39.7.